The smallest absolute Gasteiger partial charge is 0.406 e. The highest BCUT2D eigenvalue weighted by Gasteiger charge is 2.30. The van der Waals surface area contributed by atoms with Gasteiger partial charge in [0.25, 0.3) is 0 Å². The summed E-state index contributed by atoms with van der Waals surface area (Å²) in [6.45, 7) is 6.61. The zero-order valence-electron chi connectivity index (χ0n) is 15.8. The van der Waals surface area contributed by atoms with Crippen LogP contribution in [0.3, 0.4) is 0 Å². The Morgan fingerprint density at radius 3 is 2.50 bits per heavy atom. The van der Waals surface area contributed by atoms with Gasteiger partial charge in [0.1, 0.15) is 17.9 Å². The van der Waals surface area contributed by atoms with E-state index >= 15 is 0 Å². The minimum absolute atomic E-state index is 0.298. The number of rotatable bonds is 7. The molecule has 0 atom stereocenters. The molecular weight excluding hydrogens is 371 g/mol. The molecule has 0 aliphatic heterocycles. The molecule has 1 aromatic carbocycles. The van der Waals surface area contributed by atoms with E-state index in [0.717, 1.165) is 5.56 Å². The average molecular weight is 393 g/mol. The molecule has 0 bridgehead atoms. The normalized spacial score (nSPS) is 12.6. The van der Waals surface area contributed by atoms with Crippen molar-refractivity contribution in [1.82, 2.24) is 9.97 Å². The number of aliphatic imine (C=N–C) groups is 1. The number of aromatic nitrogens is 2. The number of nitrogens with one attached hydrogen (secondary N) is 1. The van der Waals surface area contributed by atoms with Gasteiger partial charge in [-0.3, -0.25) is 4.99 Å². The predicted molar refractivity (Wildman–Crippen MR) is 104 cm³/mol. The van der Waals surface area contributed by atoms with Gasteiger partial charge in [0.15, 0.2) is 0 Å². The van der Waals surface area contributed by atoms with Crippen LogP contribution in [0.15, 0.2) is 41.8 Å². The van der Waals surface area contributed by atoms with Crippen LogP contribution < -0.4 is 15.8 Å². The fourth-order valence-electron chi connectivity index (χ4n) is 2.29. The zero-order chi connectivity index (χ0) is 20.7. The van der Waals surface area contributed by atoms with Gasteiger partial charge in [-0.1, -0.05) is 13.8 Å². The maximum absolute atomic E-state index is 12.2. The first-order chi connectivity index (χ1) is 13.2. The van der Waals surface area contributed by atoms with E-state index in [1.54, 1.807) is 6.21 Å². The Labute approximate surface area is 161 Å². The number of anilines is 2. The number of benzene rings is 1. The predicted octanol–water partition coefficient (Wildman–Crippen LogP) is 4.45. The number of allylic oxidation sites excluding steroid dienone is 1. The lowest BCUT2D eigenvalue weighted by Gasteiger charge is -2.13. The van der Waals surface area contributed by atoms with Crippen molar-refractivity contribution in [3.8, 4) is 5.75 Å². The molecule has 28 heavy (non-hydrogen) atoms. The Balaban J connectivity index is 2.19. The lowest BCUT2D eigenvalue weighted by molar-refractivity contribution is -0.274. The van der Waals surface area contributed by atoms with Gasteiger partial charge in [-0.25, -0.2) is 9.97 Å². The van der Waals surface area contributed by atoms with Crippen LogP contribution in [0.5, 0.6) is 5.75 Å². The van der Waals surface area contributed by atoms with Crippen molar-refractivity contribution in [2.45, 2.75) is 27.1 Å². The van der Waals surface area contributed by atoms with Crippen molar-refractivity contribution in [3.05, 3.63) is 48.1 Å². The standard InChI is InChI=1S/C19H22F3N5O/c1-12(2)9-24-10-14(8-23)17-13(3)18(26-11-25-17)27-15-4-6-16(7-5-15)28-19(20,21)22/h4-8,10-12H,9,23H2,1-3H3,(H,25,26,27). The van der Waals surface area contributed by atoms with Crippen LogP contribution in [0.25, 0.3) is 5.57 Å². The van der Waals surface area contributed by atoms with Crippen molar-refractivity contribution in [1.29, 1.82) is 0 Å². The van der Waals surface area contributed by atoms with Gasteiger partial charge in [-0.05, 0) is 37.1 Å². The molecular formula is C19H22F3N5O. The van der Waals surface area contributed by atoms with E-state index in [-0.39, 0.29) is 5.75 Å². The molecule has 0 unspecified atom stereocenters. The van der Waals surface area contributed by atoms with Gasteiger partial charge in [0.05, 0.1) is 5.69 Å². The summed E-state index contributed by atoms with van der Waals surface area (Å²) in [5.74, 6) is 0.627. The lowest BCUT2D eigenvalue weighted by Crippen LogP contribution is -2.17. The van der Waals surface area contributed by atoms with Crippen LogP contribution >= 0.6 is 0 Å². The number of halogens is 3. The van der Waals surface area contributed by atoms with Gasteiger partial charge in [-0.2, -0.15) is 0 Å². The van der Waals surface area contributed by atoms with Gasteiger partial charge < -0.3 is 15.8 Å². The summed E-state index contributed by atoms with van der Waals surface area (Å²) in [6, 6.07) is 5.37. The Hall–Kier alpha value is -3.10. The fourth-order valence-corrected chi connectivity index (χ4v) is 2.29. The maximum Gasteiger partial charge on any atom is 0.573 e. The first-order valence-electron chi connectivity index (χ1n) is 8.56. The quantitative estimate of drug-likeness (QED) is 0.679. The topological polar surface area (TPSA) is 85.4 Å². The second-order valence-electron chi connectivity index (χ2n) is 6.40. The summed E-state index contributed by atoms with van der Waals surface area (Å²) in [4.78, 5) is 12.8. The highest BCUT2D eigenvalue weighted by molar-refractivity contribution is 6.09. The number of hydrogen-bond acceptors (Lipinski definition) is 6. The molecule has 0 fully saturated rings. The monoisotopic (exact) mass is 393 g/mol. The third-order valence-electron chi connectivity index (χ3n) is 3.59. The van der Waals surface area contributed by atoms with Crippen molar-refractivity contribution < 1.29 is 17.9 Å². The summed E-state index contributed by atoms with van der Waals surface area (Å²) in [7, 11) is 0. The zero-order valence-corrected chi connectivity index (χ0v) is 15.8. The van der Waals surface area contributed by atoms with Crippen LogP contribution in [-0.2, 0) is 0 Å². The highest BCUT2D eigenvalue weighted by Crippen LogP contribution is 2.27. The van der Waals surface area contributed by atoms with E-state index < -0.39 is 6.36 Å². The van der Waals surface area contributed by atoms with Gasteiger partial charge >= 0.3 is 6.36 Å². The largest absolute Gasteiger partial charge is 0.573 e. The lowest BCUT2D eigenvalue weighted by atomic mass is 10.1. The van der Waals surface area contributed by atoms with E-state index in [1.807, 2.05) is 6.92 Å². The molecule has 0 radical (unpaired) electrons. The Kier molecular flexibility index (Phi) is 6.97. The van der Waals surface area contributed by atoms with E-state index in [4.69, 9.17) is 5.73 Å². The van der Waals surface area contributed by atoms with Crippen LogP contribution in [0.2, 0.25) is 0 Å². The molecule has 0 aliphatic carbocycles. The minimum Gasteiger partial charge on any atom is -0.406 e. The summed E-state index contributed by atoms with van der Waals surface area (Å²) in [6.07, 6.45) is -0.255. The van der Waals surface area contributed by atoms with Gasteiger partial charge in [0, 0.05) is 35.8 Å². The molecule has 0 saturated carbocycles. The Morgan fingerprint density at radius 2 is 1.93 bits per heavy atom. The summed E-state index contributed by atoms with van der Waals surface area (Å²) in [5, 5.41) is 3.06. The fraction of sp³-hybridized carbons (Fsp3) is 0.316. The summed E-state index contributed by atoms with van der Waals surface area (Å²) in [5.41, 5.74) is 8.26. The minimum atomic E-state index is -4.73. The molecule has 0 aliphatic rings. The number of nitrogens with zero attached hydrogens (tertiary/aromatic N) is 3. The third kappa shape index (κ3) is 6.26. The summed E-state index contributed by atoms with van der Waals surface area (Å²) >= 11 is 0. The van der Waals surface area contributed by atoms with Crippen molar-refractivity contribution in [2.75, 3.05) is 11.9 Å². The molecule has 0 amide bonds. The van der Waals surface area contributed by atoms with Crippen LogP contribution in [0.1, 0.15) is 25.1 Å². The second-order valence-corrected chi connectivity index (χ2v) is 6.40. The molecule has 0 spiro atoms. The highest BCUT2D eigenvalue weighted by atomic mass is 19.4. The van der Waals surface area contributed by atoms with Crippen LogP contribution in [0, 0.1) is 12.8 Å². The van der Waals surface area contributed by atoms with Gasteiger partial charge in [0.2, 0.25) is 0 Å². The average Bonchev–Trinajstić information content (AvgIpc) is 2.61. The molecule has 6 nitrogen and oxygen atoms in total. The molecule has 3 N–H and O–H groups in total. The van der Waals surface area contributed by atoms with E-state index in [0.29, 0.717) is 35.2 Å². The van der Waals surface area contributed by atoms with E-state index in [1.165, 1.54) is 36.8 Å². The molecule has 2 rings (SSSR count). The van der Waals surface area contributed by atoms with Crippen LogP contribution in [-0.4, -0.2) is 29.1 Å². The van der Waals surface area contributed by atoms with Crippen molar-refractivity contribution in [2.24, 2.45) is 16.6 Å². The molecule has 0 saturated heterocycles. The number of nitrogens with two attached hydrogens (primary N) is 1. The maximum atomic E-state index is 12.2. The molecule has 1 heterocycles. The summed E-state index contributed by atoms with van der Waals surface area (Å²) < 4.78 is 40.6. The Morgan fingerprint density at radius 1 is 1.25 bits per heavy atom. The third-order valence-corrected chi connectivity index (χ3v) is 3.59. The molecule has 9 heteroatoms. The Bertz CT molecular complexity index is 846. The molecule has 2 aromatic rings. The second kappa shape index (κ2) is 9.20. The SMILES string of the molecule is Cc1c(Nc2ccc(OC(F)(F)F)cc2)ncnc1C(C=NCC(C)C)=CN. The van der Waals surface area contributed by atoms with Crippen molar-refractivity contribution in [3.63, 3.8) is 0 Å². The van der Waals surface area contributed by atoms with E-state index in [9.17, 15) is 13.2 Å². The number of ether oxygens (including phenoxy) is 1. The number of hydrogen-bond donors (Lipinski definition) is 2. The van der Waals surface area contributed by atoms with E-state index in [2.05, 4.69) is 38.9 Å². The first kappa shape index (κ1) is 21.2. The number of alkyl halides is 3. The van der Waals surface area contributed by atoms with Gasteiger partial charge in [-0.15, -0.1) is 13.2 Å². The first-order valence-corrected chi connectivity index (χ1v) is 8.56. The molecule has 1 aromatic heterocycles. The molecule has 150 valence electrons. The van der Waals surface area contributed by atoms with Crippen molar-refractivity contribution >= 4 is 23.3 Å². The van der Waals surface area contributed by atoms with Crippen LogP contribution in [0.4, 0.5) is 24.7 Å².